The number of carboxylic acids is 1. The van der Waals surface area contributed by atoms with Gasteiger partial charge in [0.25, 0.3) is 0 Å². The van der Waals surface area contributed by atoms with Crippen LogP contribution in [0.3, 0.4) is 0 Å². The van der Waals surface area contributed by atoms with Crippen molar-refractivity contribution in [1.29, 1.82) is 0 Å². The Kier molecular flexibility index (Phi) is 6.35. The standard InChI is InChI=1S/C20H16BrF4N3O3/c1-9-12(6-17(29)30)13(21)7-15-18(9)19(27-8-26-15)28-14-4-3-11(22)5-16(14)31-10(2)20(23,24)25/h3-5,7-8,10H,6H2,1-2H3,(H,29,30)(H,26,27,28). The molecule has 2 aromatic carbocycles. The number of hydrogen-bond donors (Lipinski definition) is 2. The molecule has 0 saturated heterocycles. The van der Waals surface area contributed by atoms with Crippen LogP contribution in [0.2, 0.25) is 0 Å². The molecule has 0 amide bonds. The molecule has 0 spiro atoms. The number of fused-ring (bicyclic) bond motifs is 1. The van der Waals surface area contributed by atoms with Gasteiger partial charge in [-0.05, 0) is 43.2 Å². The molecule has 0 radical (unpaired) electrons. The summed E-state index contributed by atoms with van der Waals surface area (Å²) in [6, 6.07) is 4.76. The Labute approximate surface area is 182 Å². The summed E-state index contributed by atoms with van der Waals surface area (Å²) in [4.78, 5) is 19.6. The molecule has 1 unspecified atom stereocenters. The monoisotopic (exact) mass is 501 g/mol. The molecule has 3 aromatic rings. The van der Waals surface area contributed by atoms with Gasteiger partial charge in [-0.2, -0.15) is 13.2 Å². The smallest absolute Gasteiger partial charge is 0.425 e. The van der Waals surface area contributed by atoms with E-state index in [9.17, 15) is 27.5 Å². The van der Waals surface area contributed by atoms with Crippen molar-refractivity contribution in [2.45, 2.75) is 32.5 Å². The van der Waals surface area contributed by atoms with Crippen LogP contribution in [0, 0.1) is 12.7 Å². The third-order valence-electron chi connectivity index (χ3n) is 4.55. The summed E-state index contributed by atoms with van der Waals surface area (Å²) in [5.74, 6) is -1.95. The van der Waals surface area contributed by atoms with E-state index in [1.165, 1.54) is 12.4 Å². The molecule has 0 aliphatic heterocycles. The molecule has 1 atom stereocenters. The molecule has 31 heavy (non-hydrogen) atoms. The number of benzene rings is 2. The number of nitrogens with one attached hydrogen (secondary N) is 1. The highest BCUT2D eigenvalue weighted by Gasteiger charge is 2.38. The number of halogens is 5. The summed E-state index contributed by atoms with van der Waals surface area (Å²) in [7, 11) is 0. The zero-order valence-corrected chi connectivity index (χ0v) is 17.8. The van der Waals surface area contributed by atoms with Crippen molar-refractivity contribution in [2.75, 3.05) is 5.32 Å². The lowest BCUT2D eigenvalue weighted by Gasteiger charge is -2.21. The molecule has 0 aliphatic carbocycles. The van der Waals surface area contributed by atoms with Crippen molar-refractivity contribution in [3.05, 3.63) is 52.0 Å². The summed E-state index contributed by atoms with van der Waals surface area (Å²) in [6.07, 6.45) is -5.82. The Morgan fingerprint density at radius 2 is 2.00 bits per heavy atom. The summed E-state index contributed by atoms with van der Waals surface area (Å²) in [6.45, 7) is 2.50. The first-order chi connectivity index (χ1) is 14.5. The van der Waals surface area contributed by atoms with Gasteiger partial charge < -0.3 is 15.2 Å². The van der Waals surface area contributed by atoms with Crippen molar-refractivity contribution < 1.29 is 32.2 Å². The van der Waals surface area contributed by atoms with Crippen LogP contribution in [0.5, 0.6) is 5.75 Å². The third kappa shape index (κ3) is 5.04. The summed E-state index contributed by atoms with van der Waals surface area (Å²) >= 11 is 3.34. The summed E-state index contributed by atoms with van der Waals surface area (Å²) in [5.41, 5.74) is 1.60. The van der Waals surface area contributed by atoms with Gasteiger partial charge in [0.2, 0.25) is 0 Å². The molecular weight excluding hydrogens is 486 g/mol. The van der Waals surface area contributed by atoms with E-state index in [4.69, 9.17) is 4.74 Å². The average Bonchev–Trinajstić information content (AvgIpc) is 2.66. The van der Waals surface area contributed by atoms with E-state index >= 15 is 0 Å². The van der Waals surface area contributed by atoms with Crippen molar-refractivity contribution in [3.63, 3.8) is 0 Å². The number of carbonyl (C=O) groups is 1. The summed E-state index contributed by atoms with van der Waals surface area (Å²) in [5, 5.41) is 12.5. The predicted octanol–water partition coefficient (Wildman–Crippen LogP) is 5.54. The zero-order chi connectivity index (χ0) is 22.9. The van der Waals surface area contributed by atoms with Gasteiger partial charge in [0, 0.05) is 15.9 Å². The number of nitrogens with zero attached hydrogens (tertiary/aromatic N) is 2. The lowest BCUT2D eigenvalue weighted by atomic mass is 10.0. The highest BCUT2D eigenvalue weighted by Crippen LogP contribution is 2.36. The Bertz CT molecular complexity index is 1150. The second-order valence-corrected chi connectivity index (χ2v) is 7.57. The molecule has 0 saturated carbocycles. The number of alkyl halides is 3. The molecule has 3 rings (SSSR count). The number of anilines is 2. The number of hydrogen-bond acceptors (Lipinski definition) is 5. The van der Waals surface area contributed by atoms with Crippen LogP contribution in [0.4, 0.5) is 29.1 Å². The third-order valence-corrected chi connectivity index (χ3v) is 5.25. The van der Waals surface area contributed by atoms with Crippen molar-refractivity contribution >= 4 is 44.3 Å². The van der Waals surface area contributed by atoms with Crippen LogP contribution in [0.1, 0.15) is 18.1 Å². The normalized spacial score (nSPS) is 12.6. The number of rotatable bonds is 6. The molecule has 0 bridgehead atoms. The SMILES string of the molecule is Cc1c(CC(=O)O)c(Br)cc2ncnc(Nc3ccc(F)cc3OC(C)C(F)(F)F)c12. The molecule has 1 aromatic heterocycles. The number of aliphatic carboxylic acids is 1. The maximum absolute atomic E-state index is 13.7. The Hall–Kier alpha value is -2.95. The molecule has 11 heteroatoms. The van der Waals surface area contributed by atoms with E-state index in [0.717, 1.165) is 19.1 Å². The number of ether oxygens (including phenoxy) is 1. The minimum atomic E-state index is -4.64. The maximum Gasteiger partial charge on any atom is 0.425 e. The number of aromatic nitrogens is 2. The van der Waals surface area contributed by atoms with Crippen LogP contribution in [0.15, 0.2) is 35.1 Å². The first-order valence-corrected chi connectivity index (χ1v) is 9.71. The zero-order valence-electron chi connectivity index (χ0n) is 16.2. The van der Waals surface area contributed by atoms with Gasteiger partial charge in [-0.1, -0.05) is 15.9 Å². The minimum Gasteiger partial charge on any atom is -0.481 e. The summed E-state index contributed by atoms with van der Waals surface area (Å²) < 4.78 is 58.0. The molecule has 0 fully saturated rings. The predicted molar refractivity (Wildman–Crippen MR) is 109 cm³/mol. The highest BCUT2D eigenvalue weighted by atomic mass is 79.9. The molecule has 6 nitrogen and oxygen atoms in total. The molecule has 2 N–H and O–H groups in total. The van der Waals surface area contributed by atoms with E-state index in [0.29, 0.717) is 26.5 Å². The van der Waals surface area contributed by atoms with Gasteiger partial charge in [0.15, 0.2) is 6.10 Å². The Morgan fingerprint density at radius 1 is 1.29 bits per heavy atom. The van der Waals surface area contributed by atoms with Crippen LogP contribution < -0.4 is 10.1 Å². The van der Waals surface area contributed by atoms with Gasteiger partial charge in [-0.25, -0.2) is 14.4 Å². The largest absolute Gasteiger partial charge is 0.481 e. The van der Waals surface area contributed by atoms with E-state index in [-0.39, 0.29) is 23.7 Å². The molecular formula is C20H16BrF4N3O3. The van der Waals surface area contributed by atoms with Crippen molar-refractivity contribution in [1.82, 2.24) is 9.97 Å². The second kappa shape index (κ2) is 8.66. The maximum atomic E-state index is 13.7. The molecule has 164 valence electrons. The fraction of sp³-hybridized carbons (Fsp3) is 0.250. The van der Waals surface area contributed by atoms with E-state index in [1.54, 1.807) is 13.0 Å². The van der Waals surface area contributed by atoms with Crippen LogP contribution in [-0.2, 0) is 11.2 Å². The van der Waals surface area contributed by atoms with Crippen LogP contribution in [-0.4, -0.2) is 33.3 Å². The van der Waals surface area contributed by atoms with E-state index in [2.05, 4.69) is 31.2 Å². The lowest BCUT2D eigenvalue weighted by Crippen LogP contribution is -2.31. The quantitative estimate of drug-likeness (QED) is 0.431. The first-order valence-electron chi connectivity index (χ1n) is 8.91. The van der Waals surface area contributed by atoms with Crippen LogP contribution >= 0.6 is 15.9 Å². The number of aryl methyl sites for hydroxylation is 1. The Morgan fingerprint density at radius 3 is 2.65 bits per heavy atom. The fourth-order valence-corrected chi connectivity index (χ4v) is 3.61. The van der Waals surface area contributed by atoms with Crippen molar-refractivity contribution in [2.24, 2.45) is 0 Å². The first kappa shape index (κ1) is 22.7. The molecule has 1 heterocycles. The van der Waals surface area contributed by atoms with E-state index < -0.39 is 24.1 Å². The average molecular weight is 502 g/mol. The minimum absolute atomic E-state index is 0.0552. The fourth-order valence-electron chi connectivity index (χ4n) is 2.96. The van der Waals surface area contributed by atoms with Gasteiger partial charge in [0.1, 0.15) is 23.7 Å². The number of carboxylic acid groups (broad SMARTS) is 1. The highest BCUT2D eigenvalue weighted by molar-refractivity contribution is 9.10. The van der Waals surface area contributed by atoms with E-state index in [1.807, 2.05) is 0 Å². The van der Waals surface area contributed by atoms with Crippen LogP contribution in [0.25, 0.3) is 10.9 Å². The lowest BCUT2D eigenvalue weighted by molar-refractivity contribution is -0.189. The van der Waals surface area contributed by atoms with Gasteiger partial charge in [-0.15, -0.1) is 0 Å². The second-order valence-electron chi connectivity index (χ2n) is 6.72. The topological polar surface area (TPSA) is 84.3 Å². The molecule has 0 aliphatic rings. The van der Waals surface area contributed by atoms with Gasteiger partial charge in [-0.3, -0.25) is 4.79 Å². The van der Waals surface area contributed by atoms with Gasteiger partial charge >= 0.3 is 12.1 Å². The van der Waals surface area contributed by atoms with Gasteiger partial charge in [0.05, 0.1) is 17.6 Å². The van der Waals surface area contributed by atoms with Crippen molar-refractivity contribution in [3.8, 4) is 5.75 Å². The Balaban J connectivity index is 2.09.